The van der Waals surface area contributed by atoms with Gasteiger partial charge < -0.3 is 14.6 Å². The SMILES string of the molecule is Cc1csc(CCNC(=O)N(Cc2ccco2)C2CC2)n1. The lowest BCUT2D eigenvalue weighted by Crippen LogP contribution is -2.41. The number of aromatic nitrogens is 1. The van der Waals surface area contributed by atoms with Crippen molar-refractivity contribution in [3.05, 3.63) is 40.2 Å². The third-order valence-electron chi connectivity index (χ3n) is 3.44. The molecule has 2 aromatic heterocycles. The third-order valence-corrected chi connectivity index (χ3v) is 4.46. The summed E-state index contributed by atoms with van der Waals surface area (Å²) in [6.07, 6.45) is 4.59. The van der Waals surface area contributed by atoms with Gasteiger partial charge in [-0.25, -0.2) is 9.78 Å². The van der Waals surface area contributed by atoms with Crippen LogP contribution in [-0.2, 0) is 13.0 Å². The Kier molecular flexibility index (Phi) is 4.24. The van der Waals surface area contributed by atoms with Crippen LogP contribution in [0.1, 0.15) is 29.3 Å². The molecular weight excluding hydrogens is 286 g/mol. The molecule has 0 atom stereocenters. The first kappa shape index (κ1) is 14.1. The van der Waals surface area contributed by atoms with Gasteiger partial charge in [0.25, 0.3) is 0 Å². The molecule has 1 N–H and O–H groups in total. The van der Waals surface area contributed by atoms with E-state index in [0.717, 1.165) is 35.7 Å². The Bertz CT molecular complexity index is 590. The first-order valence-corrected chi connectivity index (χ1v) is 8.08. The summed E-state index contributed by atoms with van der Waals surface area (Å²) in [4.78, 5) is 18.6. The molecule has 1 saturated carbocycles. The molecule has 112 valence electrons. The van der Waals surface area contributed by atoms with Gasteiger partial charge in [0, 0.05) is 30.1 Å². The molecule has 6 heteroatoms. The van der Waals surface area contributed by atoms with Crippen molar-refractivity contribution in [2.75, 3.05) is 6.54 Å². The van der Waals surface area contributed by atoms with Crippen LogP contribution in [0.2, 0.25) is 0 Å². The zero-order chi connectivity index (χ0) is 14.7. The Hall–Kier alpha value is -1.82. The summed E-state index contributed by atoms with van der Waals surface area (Å²) in [5.74, 6) is 0.826. The molecule has 0 radical (unpaired) electrons. The van der Waals surface area contributed by atoms with Crippen LogP contribution in [0.15, 0.2) is 28.2 Å². The lowest BCUT2D eigenvalue weighted by molar-refractivity contribution is 0.187. The molecule has 3 rings (SSSR count). The van der Waals surface area contributed by atoms with E-state index in [1.165, 1.54) is 0 Å². The predicted molar refractivity (Wildman–Crippen MR) is 81.2 cm³/mol. The number of hydrogen-bond acceptors (Lipinski definition) is 4. The van der Waals surface area contributed by atoms with Crippen LogP contribution in [0.25, 0.3) is 0 Å². The minimum absolute atomic E-state index is 0.0119. The van der Waals surface area contributed by atoms with Crippen molar-refractivity contribution in [3.8, 4) is 0 Å². The Morgan fingerprint density at radius 2 is 2.43 bits per heavy atom. The highest BCUT2D eigenvalue weighted by Gasteiger charge is 2.32. The van der Waals surface area contributed by atoms with E-state index in [1.807, 2.05) is 29.3 Å². The minimum atomic E-state index is -0.0119. The van der Waals surface area contributed by atoms with Gasteiger partial charge >= 0.3 is 6.03 Å². The second-order valence-corrected chi connectivity index (χ2v) is 6.25. The number of aryl methyl sites for hydroxylation is 1. The summed E-state index contributed by atoms with van der Waals surface area (Å²) >= 11 is 1.64. The van der Waals surface area contributed by atoms with Crippen LogP contribution in [-0.4, -0.2) is 28.5 Å². The zero-order valence-corrected chi connectivity index (χ0v) is 12.9. The second-order valence-electron chi connectivity index (χ2n) is 5.30. The highest BCUT2D eigenvalue weighted by atomic mass is 32.1. The molecule has 0 aliphatic heterocycles. The maximum Gasteiger partial charge on any atom is 0.318 e. The van der Waals surface area contributed by atoms with E-state index < -0.39 is 0 Å². The number of nitrogens with one attached hydrogen (secondary N) is 1. The number of amides is 2. The molecule has 5 nitrogen and oxygen atoms in total. The van der Waals surface area contributed by atoms with Crippen LogP contribution in [0.5, 0.6) is 0 Å². The molecule has 1 aliphatic rings. The lowest BCUT2D eigenvalue weighted by Gasteiger charge is -2.21. The van der Waals surface area contributed by atoms with Crippen LogP contribution < -0.4 is 5.32 Å². The Morgan fingerprint density at radius 1 is 1.57 bits per heavy atom. The van der Waals surface area contributed by atoms with E-state index in [4.69, 9.17) is 4.42 Å². The van der Waals surface area contributed by atoms with E-state index >= 15 is 0 Å². The zero-order valence-electron chi connectivity index (χ0n) is 12.0. The van der Waals surface area contributed by atoms with Gasteiger partial charge in [-0.3, -0.25) is 0 Å². The summed E-state index contributed by atoms with van der Waals surface area (Å²) in [5, 5.41) is 6.09. The van der Waals surface area contributed by atoms with Crippen LogP contribution in [0.3, 0.4) is 0 Å². The smallest absolute Gasteiger partial charge is 0.318 e. The van der Waals surface area contributed by atoms with Crippen molar-refractivity contribution in [1.82, 2.24) is 15.2 Å². The molecule has 1 fully saturated rings. The number of hydrogen-bond donors (Lipinski definition) is 1. The molecule has 2 aromatic rings. The number of carbonyl (C=O) groups is 1. The molecule has 0 saturated heterocycles. The minimum Gasteiger partial charge on any atom is -0.467 e. The summed E-state index contributed by atoms with van der Waals surface area (Å²) in [7, 11) is 0. The Balaban J connectivity index is 1.50. The highest BCUT2D eigenvalue weighted by Crippen LogP contribution is 2.28. The number of nitrogens with zero attached hydrogens (tertiary/aromatic N) is 2. The van der Waals surface area contributed by atoms with E-state index in [0.29, 0.717) is 19.1 Å². The number of thiazole rings is 1. The number of rotatable bonds is 6. The van der Waals surface area contributed by atoms with Crippen LogP contribution >= 0.6 is 11.3 Å². The maximum absolute atomic E-state index is 12.3. The number of carbonyl (C=O) groups excluding carboxylic acids is 1. The fraction of sp³-hybridized carbons (Fsp3) is 0.467. The van der Waals surface area contributed by atoms with Gasteiger partial charge in [0.05, 0.1) is 17.8 Å². The van der Waals surface area contributed by atoms with Crippen LogP contribution in [0, 0.1) is 6.92 Å². The Labute approximate surface area is 128 Å². The van der Waals surface area contributed by atoms with E-state index in [-0.39, 0.29) is 6.03 Å². The normalized spacial score (nSPS) is 14.1. The largest absolute Gasteiger partial charge is 0.467 e. The quantitative estimate of drug-likeness (QED) is 0.892. The van der Waals surface area contributed by atoms with Gasteiger partial charge in [-0.15, -0.1) is 11.3 Å². The summed E-state index contributed by atoms with van der Waals surface area (Å²) < 4.78 is 5.34. The molecule has 21 heavy (non-hydrogen) atoms. The first-order valence-electron chi connectivity index (χ1n) is 7.20. The van der Waals surface area contributed by atoms with E-state index in [9.17, 15) is 4.79 Å². The van der Waals surface area contributed by atoms with Crippen molar-refractivity contribution >= 4 is 17.4 Å². The van der Waals surface area contributed by atoms with Crippen molar-refractivity contribution in [2.24, 2.45) is 0 Å². The molecular formula is C15H19N3O2S. The average molecular weight is 305 g/mol. The van der Waals surface area contributed by atoms with E-state index in [2.05, 4.69) is 10.3 Å². The lowest BCUT2D eigenvalue weighted by atomic mass is 10.4. The standard InChI is InChI=1S/C15H19N3O2S/c1-11-10-21-14(17-11)6-7-16-15(19)18(12-4-5-12)9-13-3-2-8-20-13/h2-3,8,10,12H,4-7,9H2,1H3,(H,16,19). The number of urea groups is 1. The molecule has 0 spiro atoms. The van der Waals surface area contributed by atoms with Gasteiger partial charge in [-0.05, 0) is 31.9 Å². The molecule has 2 amide bonds. The highest BCUT2D eigenvalue weighted by molar-refractivity contribution is 7.09. The molecule has 0 aromatic carbocycles. The molecule has 1 aliphatic carbocycles. The van der Waals surface area contributed by atoms with Crippen molar-refractivity contribution in [2.45, 2.75) is 38.8 Å². The summed E-state index contributed by atoms with van der Waals surface area (Å²) in [6.45, 7) is 3.14. The predicted octanol–water partition coefficient (Wildman–Crippen LogP) is 2.96. The van der Waals surface area contributed by atoms with Gasteiger partial charge in [-0.1, -0.05) is 0 Å². The van der Waals surface area contributed by atoms with Crippen molar-refractivity contribution < 1.29 is 9.21 Å². The average Bonchev–Trinajstić information content (AvgIpc) is 3.01. The fourth-order valence-electron chi connectivity index (χ4n) is 2.22. The van der Waals surface area contributed by atoms with Crippen LogP contribution in [0.4, 0.5) is 4.79 Å². The van der Waals surface area contributed by atoms with Gasteiger partial charge in [-0.2, -0.15) is 0 Å². The molecule has 0 unspecified atom stereocenters. The topological polar surface area (TPSA) is 58.4 Å². The monoisotopic (exact) mass is 305 g/mol. The maximum atomic E-state index is 12.3. The Morgan fingerprint density at radius 3 is 3.05 bits per heavy atom. The van der Waals surface area contributed by atoms with Crippen molar-refractivity contribution in [1.29, 1.82) is 0 Å². The molecule has 2 heterocycles. The first-order chi connectivity index (χ1) is 10.2. The summed E-state index contributed by atoms with van der Waals surface area (Å²) in [6, 6.07) is 4.10. The second kappa shape index (κ2) is 6.30. The van der Waals surface area contributed by atoms with Gasteiger partial charge in [0.15, 0.2) is 0 Å². The fourth-order valence-corrected chi connectivity index (χ4v) is 2.99. The number of furan rings is 1. The summed E-state index contributed by atoms with van der Waals surface area (Å²) in [5.41, 5.74) is 1.04. The third kappa shape index (κ3) is 3.85. The van der Waals surface area contributed by atoms with E-state index in [1.54, 1.807) is 17.6 Å². The van der Waals surface area contributed by atoms with Gasteiger partial charge in [0.1, 0.15) is 5.76 Å². The van der Waals surface area contributed by atoms with Crippen molar-refractivity contribution in [3.63, 3.8) is 0 Å². The van der Waals surface area contributed by atoms with Gasteiger partial charge in [0.2, 0.25) is 0 Å². The molecule has 0 bridgehead atoms.